The summed E-state index contributed by atoms with van der Waals surface area (Å²) in [6.45, 7) is 0. The van der Waals surface area contributed by atoms with Crippen molar-refractivity contribution in [1.29, 1.82) is 0 Å². The Morgan fingerprint density at radius 3 is 2.50 bits per heavy atom. The maximum Gasteiger partial charge on any atom is 0.346 e. The molecule has 138 valence electrons. The molecule has 0 atom stereocenters. The molecule has 0 bridgehead atoms. The highest BCUT2D eigenvalue weighted by molar-refractivity contribution is 7.13. The van der Waals surface area contributed by atoms with Crippen LogP contribution in [-0.2, 0) is 14.1 Å². The van der Waals surface area contributed by atoms with Gasteiger partial charge in [0.25, 0.3) is 5.56 Å². The zero-order chi connectivity index (χ0) is 19.6. The first-order valence-corrected chi connectivity index (χ1v) is 9.36. The molecule has 0 amide bonds. The summed E-state index contributed by atoms with van der Waals surface area (Å²) >= 11 is 1.40. The van der Waals surface area contributed by atoms with Crippen molar-refractivity contribution in [3.63, 3.8) is 0 Å². The van der Waals surface area contributed by atoms with E-state index in [4.69, 9.17) is 4.42 Å². The molecular formula is C20H13N3O4S. The minimum atomic E-state index is -0.567. The highest BCUT2D eigenvalue weighted by Crippen LogP contribution is 2.36. The topological polar surface area (TPSA) is 87.1 Å². The first kappa shape index (κ1) is 16.6. The fourth-order valence-corrected chi connectivity index (χ4v) is 4.33. The van der Waals surface area contributed by atoms with Gasteiger partial charge in [0.1, 0.15) is 5.58 Å². The van der Waals surface area contributed by atoms with Crippen LogP contribution in [0.1, 0.15) is 0 Å². The van der Waals surface area contributed by atoms with E-state index in [1.54, 1.807) is 25.2 Å². The number of thiophene rings is 1. The normalized spacial score (nSPS) is 11.6. The lowest BCUT2D eigenvalue weighted by Crippen LogP contribution is -2.37. The van der Waals surface area contributed by atoms with Crippen molar-refractivity contribution in [3.8, 4) is 10.4 Å². The van der Waals surface area contributed by atoms with E-state index >= 15 is 0 Å². The summed E-state index contributed by atoms with van der Waals surface area (Å²) in [5.74, 6) is 0. The predicted molar refractivity (Wildman–Crippen MR) is 109 cm³/mol. The molecular weight excluding hydrogens is 378 g/mol. The van der Waals surface area contributed by atoms with Crippen LogP contribution in [0.5, 0.6) is 0 Å². The quantitative estimate of drug-likeness (QED) is 0.249. The Kier molecular flexibility index (Phi) is 3.41. The number of aryl methyl sites for hydroxylation is 1. The molecule has 28 heavy (non-hydrogen) atoms. The number of nitrogens with zero attached hydrogens (tertiary/aromatic N) is 3. The second-order valence-electron chi connectivity index (χ2n) is 6.48. The van der Waals surface area contributed by atoms with E-state index in [0.717, 1.165) is 9.44 Å². The maximum absolute atomic E-state index is 13.0. The standard InChI is InChI=1S/C20H13N3O4S/c1-22-17-15(18(24)23(2)20(22)26)13(12-8-5-9-28-12)14-16(21-17)10-6-3-4-7-11(10)27-19(14)25/h3-9H,1-2H3. The van der Waals surface area contributed by atoms with Crippen LogP contribution in [0.4, 0.5) is 0 Å². The molecule has 1 aromatic carbocycles. The molecule has 0 aliphatic heterocycles. The number of hydrogen-bond donors (Lipinski definition) is 0. The van der Waals surface area contributed by atoms with E-state index in [2.05, 4.69) is 4.98 Å². The highest BCUT2D eigenvalue weighted by Gasteiger charge is 2.23. The summed E-state index contributed by atoms with van der Waals surface area (Å²) < 4.78 is 7.87. The fourth-order valence-electron chi connectivity index (χ4n) is 3.55. The van der Waals surface area contributed by atoms with Crippen LogP contribution >= 0.6 is 11.3 Å². The van der Waals surface area contributed by atoms with Crippen LogP contribution in [0.15, 0.2) is 60.6 Å². The molecule has 0 spiro atoms. The van der Waals surface area contributed by atoms with Crippen molar-refractivity contribution < 1.29 is 4.42 Å². The van der Waals surface area contributed by atoms with Crippen molar-refractivity contribution in [3.05, 3.63) is 73.0 Å². The monoisotopic (exact) mass is 391 g/mol. The summed E-state index contributed by atoms with van der Waals surface area (Å²) in [4.78, 5) is 43.7. The van der Waals surface area contributed by atoms with Crippen LogP contribution in [0.25, 0.3) is 43.3 Å². The molecule has 0 saturated carbocycles. The molecule has 7 nitrogen and oxygen atoms in total. The number of aromatic nitrogens is 3. The van der Waals surface area contributed by atoms with Gasteiger partial charge in [-0.1, -0.05) is 18.2 Å². The van der Waals surface area contributed by atoms with Gasteiger partial charge in [-0.15, -0.1) is 11.3 Å². The summed E-state index contributed by atoms with van der Waals surface area (Å²) in [7, 11) is 2.98. The Morgan fingerprint density at radius 1 is 0.964 bits per heavy atom. The van der Waals surface area contributed by atoms with Gasteiger partial charge in [0.15, 0.2) is 5.65 Å². The van der Waals surface area contributed by atoms with Crippen LogP contribution in [-0.4, -0.2) is 14.1 Å². The Hall–Kier alpha value is -3.52. The number of rotatable bonds is 1. The molecule has 8 heteroatoms. The van der Waals surface area contributed by atoms with Crippen LogP contribution in [0.3, 0.4) is 0 Å². The van der Waals surface area contributed by atoms with E-state index in [1.807, 2.05) is 23.6 Å². The molecule has 0 N–H and O–H groups in total. The van der Waals surface area contributed by atoms with Crippen LogP contribution < -0.4 is 16.9 Å². The van der Waals surface area contributed by atoms with E-state index in [1.165, 1.54) is 23.0 Å². The van der Waals surface area contributed by atoms with Gasteiger partial charge < -0.3 is 4.42 Å². The van der Waals surface area contributed by atoms with Gasteiger partial charge in [-0.2, -0.15) is 0 Å². The largest absolute Gasteiger partial charge is 0.422 e. The van der Waals surface area contributed by atoms with Crippen molar-refractivity contribution in [2.75, 3.05) is 0 Å². The Labute approximate surface area is 160 Å². The first-order valence-electron chi connectivity index (χ1n) is 8.48. The second-order valence-corrected chi connectivity index (χ2v) is 7.43. The molecule has 0 unspecified atom stereocenters. The van der Waals surface area contributed by atoms with Crippen molar-refractivity contribution in [2.24, 2.45) is 14.1 Å². The Balaban J connectivity index is 2.23. The van der Waals surface area contributed by atoms with E-state index in [0.29, 0.717) is 22.0 Å². The lowest BCUT2D eigenvalue weighted by atomic mass is 10.0. The fraction of sp³-hybridized carbons (Fsp3) is 0.100. The van der Waals surface area contributed by atoms with Gasteiger partial charge >= 0.3 is 11.3 Å². The molecule has 0 fully saturated rings. The maximum atomic E-state index is 13.0. The summed E-state index contributed by atoms with van der Waals surface area (Å²) in [6.07, 6.45) is 0. The van der Waals surface area contributed by atoms with E-state index in [-0.39, 0.29) is 16.4 Å². The number of pyridine rings is 1. The van der Waals surface area contributed by atoms with Gasteiger partial charge in [-0.05, 0) is 23.6 Å². The highest BCUT2D eigenvalue weighted by atomic mass is 32.1. The average molecular weight is 391 g/mol. The third-order valence-electron chi connectivity index (χ3n) is 4.90. The van der Waals surface area contributed by atoms with Crippen molar-refractivity contribution >= 4 is 44.2 Å². The smallest absolute Gasteiger partial charge is 0.346 e. The average Bonchev–Trinajstić information content (AvgIpc) is 3.24. The molecule has 5 rings (SSSR count). The molecule has 0 saturated heterocycles. The van der Waals surface area contributed by atoms with Gasteiger partial charge in [0, 0.05) is 29.9 Å². The third kappa shape index (κ3) is 2.09. The molecule has 0 aliphatic rings. The SMILES string of the molecule is Cn1c(=O)c2c(-c3cccs3)c3c(=O)oc4ccccc4c3nc2n(C)c1=O. The Bertz CT molecular complexity index is 1590. The Morgan fingerprint density at radius 2 is 1.75 bits per heavy atom. The zero-order valence-electron chi connectivity index (χ0n) is 14.9. The molecule has 0 radical (unpaired) electrons. The molecule has 4 heterocycles. The number of benzene rings is 1. The number of fused-ring (bicyclic) bond motifs is 4. The van der Waals surface area contributed by atoms with E-state index in [9.17, 15) is 14.4 Å². The summed E-state index contributed by atoms with van der Waals surface area (Å²) in [5, 5.41) is 2.97. The third-order valence-corrected chi connectivity index (χ3v) is 5.79. The van der Waals surface area contributed by atoms with Crippen LogP contribution in [0, 0.1) is 0 Å². The summed E-state index contributed by atoms with van der Waals surface area (Å²) in [6, 6.07) is 10.8. The zero-order valence-corrected chi connectivity index (χ0v) is 15.7. The van der Waals surface area contributed by atoms with Crippen molar-refractivity contribution in [1.82, 2.24) is 14.1 Å². The molecule has 4 aromatic heterocycles. The minimum Gasteiger partial charge on any atom is -0.422 e. The number of para-hydroxylation sites is 1. The minimum absolute atomic E-state index is 0.224. The second kappa shape index (κ2) is 5.74. The molecule has 5 aromatic rings. The molecule has 0 aliphatic carbocycles. The van der Waals surface area contributed by atoms with Crippen molar-refractivity contribution in [2.45, 2.75) is 0 Å². The number of hydrogen-bond acceptors (Lipinski definition) is 6. The predicted octanol–water partition coefficient (Wildman–Crippen LogP) is 2.62. The van der Waals surface area contributed by atoms with Crippen LogP contribution in [0.2, 0.25) is 0 Å². The van der Waals surface area contributed by atoms with E-state index < -0.39 is 16.9 Å². The lowest BCUT2D eigenvalue weighted by molar-refractivity contribution is 0.569. The van der Waals surface area contributed by atoms with Gasteiger partial charge in [0.05, 0.1) is 16.3 Å². The lowest BCUT2D eigenvalue weighted by Gasteiger charge is -2.13. The van der Waals surface area contributed by atoms with Gasteiger partial charge in [0.2, 0.25) is 0 Å². The summed E-state index contributed by atoms with van der Waals surface area (Å²) in [5.41, 5.74) is -0.0473. The first-order chi connectivity index (χ1) is 13.5. The van der Waals surface area contributed by atoms with Gasteiger partial charge in [-0.3, -0.25) is 13.9 Å². The van der Waals surface area contributed by atoms with Gasteiger partial charge in [-0.25, -0.2) is 14.6 Å².